The quantitative estimate of drug-likeness (QED) is 0.497. The van der Waals surface area contributed by atoms with Crippen molar-refractivity contribution in [2.45, 2.75) is 6.42 Å². The SMILES string of the molecule is [CH]=CC1=CC=CCC1=S. The first-order valence-corrected chi connectivity index (χ1v) is 3.20. The van der Waals surface area contributed by atoms with E-state index < -0.39 is 0 Å². The van der Waals surface area contributed by atoms with Crippen LogP contribution in [0.25, 0.3) is 0 Å². The van der Waals surface area contributed by atoms with Crippen LogP contribution in [0.5, 0.6) is 0 Å². The largest absolute Gasteiger partial charge is 0.0839 e. The normalized spacial score (nSPS) is 17.3. The molecule has 45 valence electrons. The van der Waals surface area contributed by atoms with Gasteiger partial charge in [0.05, 0.1) is 0 Å². The molecule has 0 saturated heterocycles. The van der Waals surface area contributed by atoms with Gasteiger partial charge in [0.2, 0.25) is 0 Å². The summed E-state index contributed by atoms with van der Waals surface area (Å²) in [5.41, 5.74) is 0.979. The van der Waals surface area contributed by atoms with Crippen molar-refractivity contribution in [1.29, 1.82) is 0 Å². The van der Waals surface area contributed by atoms with Gasteiger partial charge < -0.3 is 0 Å². The highest BCUT2D eigenvalue weighted by Crippen LogP contribution is 2.09. The van der Waals surface area contributed by atoms with Crippen LogP contribution in [0.1, 0.15) is 6.42 Å². The molecule has 0 nitrogen and oxygen atoms in total. The zero-order valence-electron chi connectivity index (χ0n) is 5.00. The molecule has 0 unspecified atom stereocenters. The summed E-state index contributed by atoms with van der Waals surface area (Å²) in [6.07, 6.45) is 8.32. The van der Waals surface area contributed by atoms with Crippen LogP contribution in [0.4, 0.5) is 0 Å². The lowest BCUT2D eigenvalue weighted by Gasteiger charge is -2.03. The van der Waals surface area contributed by atoms with Gasteiger partial charge in [0.15, 0.2) is 0 Å². The molecular weight excluding hydrogens is 128 g/mol. The molecule has 0 atom stereocenters. The van der Waals surface area contributed by atoms with Crippen LogP contribution >= 0.6 is 12.2 Å². The molecule has 0 aromatic rings. The second-order valence-corrected chi connectivity index (χ2v) is 2.34. The number of thiocarbonyl (C=S) groups is 1. The van der Waals surface area contributed by atoms with Crippen molar-refractivity contribution in [3.63, 3.8) is 0 Å². The molecule has 0 amide bonds. The highest BCUT2D eigenvalue weighted by molar-refractivity contribution is 7.80. The van der Waals surface area contributed by atoms with E-state index in [4.69, 9.17) is 18.8 Å². The Labute approximate surface area is 60.6 Å². The van der Waals surface area contributed by atoms with Crippen molar-refractivity contribution in [2.24, 2.45) is 0 Å². The van der Waals surface area contributed by atoms with Gasteiger partial charge in [-0.1, -0.05) is 43.1 Å². The van der Waals surface area contributed by atoms with Crippen LogP contribution in [0.15, 0.2) is 29.9 Å². The van der Waals surface area contributed by atoms with Gasteiger partial charge in [0, 0.05) is 11.3 Å². The number of hydrogen-bond donors (Lipinski definition) is 0. The van der Waals surface area contributed by atoms with Gasteiger partial charge >= 0.3 is 0 Å². The molecule has 1 aliphatic carbocycles. The minimum atomic E-state index is 0.856. The minimum Gasteiger partial charge on any atom is -0.0839 e. The number of rotatable bonds is 1. The summed E-state index contributed by atoms with van der Waals surface area (Å²) in [6, 6.07) is 0. The topological polar surface area (TPSA) is 0 Å². The zero-order chi connectivity index (χ0) is 6.69. The lowest BCUT2D eigenvalue weighted by atomic mass is 10.1. The second kappa shape index (κ2) is 2.74. The molecule has 1 heteroatoms. The monoisotopic (exact) mass is 135 g/mol. The number of hydrogen-bond acceptors (Lipinski definition) is 1. The van der Waals surface area contributed by atoms with E-state index in [1.54, 1.807) is 6.08 Å². The van der Waals surface area contributed by atoms with Crippen LogP contribution in [0, 0.1) is 6.58 Å². The van der Waals surface area contributed by atoms with Crippen molar-refractivity contribution >= 4 is 17.1 Å². The first kappa shape index (κ1) is 6.43. The Hall–Kier alpha value is -0.690. The van der Waals surface area contributed by atoms with Crippen molar-refractivity contribution < 1.29 is 0 Å². The highest BCUT2D eigenvalue weighted by Gasteiger charge is 2.00. The minimum absolute atomic E-state index is 0.856. The van der Waals surface area contributed by atoms with Crippen LogP contribution < -0.4 is 0 Å². The van der Waals surface area contributed by atoms with Gasteiger partial charge in [-0.25, -0.2) is 0 Å². The van der Waals surface area contributed by atoms with Crippen LogP contribution in [0.2, 0.25) is 0 Å². The molecule has 0 N–H and O–H groups in total. The van der Waals surface area contributed by atoms with E-state index in [0.717, 1.165) is 16.9 Å². The van der Waals surface area contributed by atoms with Crippen molar-refractivity contribution in [3.8, 4) is 0 Å². The third-order valence-electron chi connectivity index (χ3n) is 1.22. The molecule has 9 heavy (non-hydrogen) atoms. The highest BCUT2D eigenvalue weighted by atomic mass is 32.1. The van der Waals surface area contributed by atoms with Crippen LogP contribution in [0.3, 0.4) is 0 Å². The van der Waals surface area contributed by atoms with E-state index in [9.17, 15) is 0 Å². The smallest absolute Gasteiger partial charge is 0.0262 e. The maximum Gasteiger partial charge on any atom is 0.0262 e. The van der Waals surface area contributed by atoms with Gasteiger partial charge in [0.25, 0.3) is 0 Å². The predicted molar refractivity (Wildman–Crippen MR) is 43.3 cm³/mol. The molecule has 0 spiro atoms. The maximum atomic E-state index is 5.28. The average molecular weight is 135 g/mol. The maximum absolute atomic E-state index is 5.28. The fourth-order valence-electron chi connectivity index (χ4n) is 0.706. The van der Waals surface area contributed by atoms with Gasteiger partial charge in [-0.15, -0.1) is 0 Å². The lowest BCUT2D eigenvalue weighted by molar-refractivity contribution is 1.47. The molecule has 1 rings (SSSR count). The van der Waals surface area contributed by atoms with E-state index in [-0.39, 0.29) is 0 Å². The average Bonchev–Trinajstić information content (AvgIpc) is 1.89. The van der Waals surface area contributed by atoms with Crippen LogP contribution in [-0.4, -0.2) is 4.86 Å². The first-order chi connectivity index (χ1) is 4.34. The Morgan fingerprint density at radius 3 is 2.89 bits per heavy atom. The van der Waals surface area contributed by atoms with Gasteiger partial charge in [0.1, 0.15) is 0 Å². The molecule has 0 bridgehead atoms. The fourth-order valence-corrected chi connectivity index (χ4v) is 0.938. The summed E-state index contributed by atoms with van der Waals surface area (Å²) in [6.45, 7) is 5.28. The summed E-state index contributed by atoms with van der Waals surface area (Å²) in [7, 11) is 0. The summed E-state index contributed by atoms with van der Waals surface area (Å²) < 4.78 is 0. The Kier molecular flexibility index (Phi) is 1.96. The molecule has 0 aromatic carbocycles. The predicted octanol–water partition coefficient (Wildman–Crippen LogP) is 2.23. The lowest BCUT2D eigenvalue weighted by Crippen LogP contribution is -1.97. The molecule has 0 saturated carbocycles. The standard InChI is InChI=1S/C8H7S/c1-2-7-5-3-4-6-8(7)9/h1-5H,6H2. The van der Waals surface area contributed by atoms with E-state index in [2.05, 4.69) is 0 Å². The van der Waals surface area contributed by atoms with E-state index in [0.29, 0.717) is 0 Å². The van der Waals surface area contributed by atoms with E-state index in [1.807, 2.05) is 18.2 Å². The van der Waals surface area contributed by atoms with Gasteiger partial charge in [-0.2, -0.15) is 0 Å². The third kappa shape index (κ3) is 1.36. The summed E-state index contributed by atoms with van der Waals surface area (Å²) in [5, 5.41) is 0. The van der Waals surface area contributed by atoms with E-state index >= 15 is 0 Å². The third-order valence-corrected chi connectivity index (χ3v) is 1.62. The Morgan fingerprint density at radius 2 is 2.44 bits per heavy atom. The summed E-state index contributed by atoms with van der Waals surface area (Å²) >= 11 is 5.00. The van der Waals surface area contributed by atoms with Gasteiger partial charge in [-0.3, -0.25) is 0 Å². The molecular formula is C8H7S. The first-order valence-electron chi connectivity index (χ1n) is 2.79. The van der Waals surface area contributed by atoms with Crippen LogP contribution in [-0.2, 0) is 0 Å². The molecule has 0 fully saturated rings. The fraction of sp³-hybridized carbons (Fsp3) is 0.125. The van der Waals surface area contributed by atoms with Crippen molar-refractivity contribution in [3.05, 3.63) is 36.5 Å². The molecule has 0 aromatic heterocycles. The number of allylic oxidation sites excluding steroid dienone is 5. The second-order valence-electron chi connectivity index (χ2n) is 1.84. The summed E-state index contributed by atoms with van der Waals surface area (Å²) in [4.78, 5) is 0.931. The molecule has 0 aliphatic heterocycles. The molecule has 0 heterocycles. The van der Waals surface area contributed by atoms with Crippen molar-refractivity contribution in [1.82, 2.24) is 0 Å². The van der Waals surface area contributed by atoms with E-state index in [1.165, 1.54) is 0 Å². The zero-order valence-corrected chi connectivity index (χ0v) is 5.82. The van der Waals surface area contributed by atoms with Crippen molar-refractivity contribution in [2.75, 3.05) is 0 Å². The Morgan fingerprint density at radius 1 is 1.67 bits per heavy atom. The summed E-state index contributed by atoms with van der Waals surface area (Å²) in [5.74, 6) is 0. The van der Waals surface area contributed by atoms with Gasteiger partial charge in [-0.05, 0) is 5.57 Å². The molecule has 1 aliphatic rings. The Balaban J connectivity index is 2.86. The molecule has 1 radical (unpaired) electrons. The Bertz CT molecular complexity index is 197.